The summed E-state index contributed by atoms with van der Waals surface area (Å²) in [5, 5.41) is 7.31. The van der Waals surface area contributed by atoms with Crippen LogP contribution in [0.4, 0.5) is 4.79 Å². The van der Waals surface area contributed by atoms with Crippen LogP contribution in [-0.2, 0) is 11.2 Å². The van der Waals surface area contributed by atoms with Crippen molar-refractivity contribution in [3.8, 4) is 0 Å². The molecule has 0 saturated carbocycles. The second-order valence-electron chi connectivity index (χ2n) is 8.60. The number of ether oxygens (including phenoxy) is 1. The fourth-order valence-electron chi connectivity index (χ4n) is 3.75. The van der Waals surface area contributed by atoms with Crippen LogP contribution in [0.3, 0.4) is 0 Å². The maximum atomic E-state index is 12.9. The van der Waals surface area contributed by atoms with Crippen molar-refractivity contribution in [2.24, 2.45) is 0 Å². The lowest BCUT2D eigenvalue weighted by Crippen LogP contribution is -2.44. The largest absolute Gasteiger partial charge is 0.439 e. The van der Waals surface area contributed by atoms with Crippen molar-refractivity contribution in [2.45, 2.75) is 44.9 Å². The van der Waals surface area contributed by atoms with Crippen LogP contribution in [0.1, 0.15) is 48.5 Å². The smallest absolute Gasteiger partial charge is 0.408 e. The standard InChI is InChI=1S/C23H24ClN3O3/c1-23(2,3)27-22(29)30-20-16-7-5-4-6-13(16)11-18(20)26-21(28)19-12-14-10-15(24)8-9-17(14)25-19/h4-10,12,18,20,25H,11H2,1-3H3,(H,26,28)(H,27,29)/t18-,20-/m1/s1. The SMILES string of the molecule is CC(C)(C)NC(=O)O[C@@H]1c2ccccc2C[C@H]1NC(=O)c1cc2cc(Cl)ccc2[nH]1. The monoisotopic (exact) mass is 425 g/mol. The van der Waals surface area contributed by atoms with Gasteiger partial charge >= 0.3 is 6.09 Å². The first-order valence-electron chi connectivity index (χ1n) is 9.85. The lowest BCUT2D eigenvalue weighted by molar-refractivity contribution is 0.0668. The van der Waals surface area contributed by atoms with Crippen LogP contribution in [0.2, 0.25) is 5.02 Å². The number of nitrogens with one attached hydrogen (secondary N) is 3. The number of H-pyrrole nitrogens is 1. The van der Waals surface area contributed by atoms with Crippen molar-refractivity contribution in [1.29, 1.82) is 0 Å². The number of halogens is 1. The van der Waals surface area contributed by atoms with Gasteiger partial charge in [-0.1, -0.05) is 35.9 Å². The summed E-state index contributed by atoms with van der Waals surface area (Å²) in [6.45, 7) is 5.66. The average molecular weight is 426 g/mol. The molecule has 1 aliphatic rings. The van der Waals surface area contributed by atoms with Crippen molar-refractivity contribution in [2.75, 3.05) is 0 Å². The molecule has 2 atom stereocenters. The summed E-state index contributed by atoms with van der Waals surface area (Å²) in [6, 6.07) is 14.6. The number of hydrogen-bond donors (Lipinski definition) is 3. The Morgan fingerprint density at radius 2 is 1.90 bits per heavy atom. The fraction of sp³-hybridized carbons (Fsp3) is 0.304. The fourth-order valence-corrected chi connectivity index (χ4v) is 3.93. The molecular weight excluding hydrogens is 402 g/mol. The third kappa shape index (κ3) is 4.28. The molecule has 3 N–H and O–H groups in total. The Kier molecular flexibility index (Phi) is 5.20. The molecule has 0 radical (unpaired) electrons. The van der Waals surface area contributed by atoms with E-state index in [1.165, 1.54) is 0 Å². The molecule has 0 bridgehead atoms. The summed E-state index contributed by atoms with van der Waals surface area (Å²) in [7, 11) is 0. The van der Waals surface area contributed by atoms with Crippen molar-refractivity contribution < 1.29 is 14.3 Å². The zero-order valence-electron chi connectivity index (χ0n) is 17.1. The number of aromatic amines is 1. The van der Waals surface area contributed by atoms with E-state index in [1.54, 1.807) is 18.2 Å². The van der Waals surface area contributed by atoms with Gasteiger partial charge in [0.1, 0.15) is 11.8 Å². The first-order valence-corrected chi connectivity index (χ1v) is 10.2. The number of carbonyl (C=O) groups is 2. The molecule has 30 heavy (non-hydrogen) atoms. The van der Waals surface area contributed by atoms with Gasteiger partial charge in [0.05, 0.1) is 6.04 Å². The van der Waals surface area contributed by atoms with Gasteiger partial charge in [-0.15, -0.1) is 0 Å². The minimum absolute atomic E-state index is 0.259. The topological polar surface area (TPSA) is 83.2 Å². The minimum Gasteiger partial charge on any atom is -0.439 e. The number of alkyl carbamates (subject to hydrolysis) is 1. The van der Waals surface area contributed by atoms with Crippen molar-refractivity contribution in [3.05, 3.63) is 70.4 Å². The molecule has 0 aliphatic heterocycles. The summed E-state index contributed by atoms with van der Waals surface area (Å²) < 4.78 is 5.75. The molecule has 0 unspecified atom stereocenters. The van der Waals surface area contributed by atoms with Gasteiger partial charge in [-0.2, -0.15) is 0 Å². The van der Waals surface area contributed by atoms with Gasteiger partial charge in [0.25, 0.3) is 5.91 Å². The summed E-state index contributed by atoms with van der Waals surface area (Å²) in [4.78, 5) is 28.5. The molecule has 3 aromatic rings. The zero-order valence-corrected chi connectivity index (χ0v) is 17.8. The first kappa shape index (κ1) is 20.3. The normalized spacial score (nSPS) is 18.1. The van der Waals surface area contributed by atoms with Crippen LogP contribution >= 0.6 is 11.6 Å². The van der Waals surface area contributed by atoms with Gasteiger partial charge in [-0.05, 0) is 62.6 Å². The summed E-state index contributed by atoms with van der Waals surface area (Å²) in [6.07, 6.45) is -0.489. The average Bonchev–Trinajstić information content (AvgIpc) is 3.22. The van der Waals surface area contributed by atoms with Gasteiger partial charge in [0.15, 0.2) is 0 Å². The summed E-state index contributed by atoms with van der Waals surface area (Å²) >= 11 is 6.04. The second kappa shape index (κ2) is 7.69. The van der Waals surface area contributed by atoms with E-state index in [-0.39, 0.29) is 11.9 Å². The molecule has 4 rings (SSSR count). The number of hydrogen-bond acceptors (Lipinski definition) is 3. The molecule has 2 amide bonds. The number of carbonyl (C=O) groups excluding carboxylic acids is 2. The first-order chi connectivity index (χ1) is 14.2. The van der Waals surface area contributed by atoms with E-state index in [1.807, 2.05) is 51.1 Å². The maximum absolute atomic E-state index is 12.9. The molecular formula is C23H24ClN3O3. The highest BCUT2D eigenvalue weighted by atomic mass is 35.5. The minimum atomic E-state index is -0.564. The lowest BCUT2D eigenvalue weighted by Gasteiger charge is -2.25. The van der Waals surface area contributed by atoms with Crippen molar-refractivity contribution in [1.82, 2.24) is 15.6 Å². The number of rotatable bonds is 3. The molecule has 0 fully saturated rings. The van der Waals surface area contributed by atoms with E-state index < -0.39 is 17.7 Å². The Morgan fingerprint density at radius 3 is 2.67 bits per heavy atom. The Labute approximate surface area is 179 Å². The highest BCUT2D eigenvalue weighted by molar-refractivity contribution is 6.31. The van der Waals surface area contributed by atoms with E-state index in [9.17, 15) is 9.59 Å². The number of aromatic nitrogens is 1. The van der Waals surface area contributed by atoms with E-state index in [0.29, 0.717) is 17.1 Å². The molecule has 1 aromatic heterocycles. The second-order valence-corrected chi connectivity index (χ2v) is 9.03. The van der Waals surface area contributed by atoms with E-state index >= 15 is 0 Å². The Hall–Kier alpha value is -2.99. The molecule has 1 aliphatic carbocycles. The van der Waals surface area contributed by atoms with Gasteiger partial charge in [-0.25, -0.2) is 4.79 Å². The van der Waals surface area contributed by atoms with Crippen molar-refractivity contribution in [3.63, 3.8) is 0 Å². The van der Waals surface area contributed by atoms with Crippen LogP contribution in [0, 0.1) is 0 Å². The maximum Gasteiger partial charge on any atom is 0.408 e. The van der Waals surface area contributed by atoms with E-state index in [4.69, 9.17) is 16.3 Å². The van der Waals surface area contributed by atoms with Crippen LogP contribution in [0.5, 0.6) is 0 Å². The highest BCUT2D eigenvalue weighted by Crippen LogP contribution is 2.34. The molecule has 1 heterocycles. The van der Waals surface area contributed by atoms with Crippen LogP contribution in [-0.4, -0.2) is 28.6 Å². The molecule has 6 nitrogen and oxygen atoms in total. The predicted molar refractivity (Wildman–Crippen MR) is 117 cm³/mol. The summed E-state index contributed by atoms with van der Waals surface area (Å²) in [5.74, 6) is -0.259. The van der Waals surface area contributed by atoms with Gasteiger partial charge in [-0.3, -0.25) is 4.79 Å². The predicted octanol–water partition coefficient (Wildman–Crippen LogP) is 4.74. The number of benzene rings is 2. The van der Waals surface area contributed by atoms with Crippen LogP contribution < -0.4 is 10.6 Å². The van der Waals surface area contributed by atoms with Gasteiger partial charge in [0.2, 0.25) is 0 Å². The quantitative estimate of drug-likeness (QED) is 0.566. The lowest BCUT2D eigenvalue weighted by atomic mass is 10.1. The highest BCUT2D eigenvalue weighted by Gasteiger charge is 2.37. The zero-order chi connectivity index (χ0) is 21.5. The Morgan fingerprint density at radius 1 is 1.13 bits per heavy atom. The number of fused-ring (bicyclic) bond motifs is 2. The van der Waals surface area contributed by atoms with Gasteiger partial charge in [0, 0.05) is 21.5 Å². The van der Waals surface area contributed by atoms with E-state index in [2.05, 4.69) is 15.6 Å². The third-order valence-electron chi connectivity index (χ3n) is 5.02. The summed E-state index contributed by atoms with van der Waals surface area (Å²) in [5.41, 5.74) is 2.81. The van der Waals surface area contributed by atoms with Crippen LogP contribution in [0.25, 0.3) is 10.9 Å². The van der Waals surface area contributed by atoms with Crippen molar-refractivity contribution >= 4 is 34.5 Å². The molecule has 2 aromatic carbocycles. The third-order valence-corrected chi connectivity index (χ3v) is 5.26. The molecule has 0 saturated heterocycles. The van der Waals surface area contributed by atoms with Gasteiger partial charge < -0.3 is 20.4 Å². The Bertz CT molecular complexity index is 1120. The van der Waals surface area contributed by atoms with E-state index in [0.717, 1.165) is 22.0 Å². The molecule has 0 spiro atoms. The van der Waals surface area contributed by atoms with Crippen LogP contribution in [0.15, 0.2) is 48.5 Å². The molecule has 7 heteroatoms. The molecule has 156 valence electrons. The number of amides is 2. The Balaban J connectivity index is 1.55.